The zero-order valence-electron chi connectivity index (χ0n) is 11.5. The maximum absolute atomic E-state index is 12.9. The molecule has 2 N–H and O–H groups in total. The molecule has 0 aliphatic heterocycles. The van der Waals surface area contributed by atoms with Crippen molar-refractivity contribution in [3.8, 4) is 0 Å². The van der Waals surface area contributed by atoms with Crippen molar-refractivity contribution in [2.45, 2.75) is 25.6 Å². The first-order valence-corrected chi connectivity index (χ1v) is 7.25. The van der Waals surface area contributed by atoms with E-state index in [0.29, 0.717) is 6.42 Å². The van der Waals surface area contributed by atoms with Crippen molar-refractivity contribution < 1.29 is 13.2 Å². The molecule has 0 saturated heterocycles. The highest BCUT2D eigenvalue weighted by molar-refractivity contribution is 7.09. The predicted octanol–water partition coefficient (Wildman–Crippen LogP) is 4.16. The highest BCUT2D eigenvalue weighted by Crippen LogP contribution is 2.33. The monoisotopic (exact) mass is 316 g/mol. The summed E-state index contributed by atoms with van der Waals surface area (Å²) in [5, 5.41) is 8.31. The third-order valence-corrected chi connectivity index (χ3v) is 3.78. The molecular weight excluding hydrogens is 301 g/mol. The Balaban J connectivity index is 2.30. The summed E-state index contributed by atoms with van der Waals surface area (Å²) in [6.07, 6.45) is -2.04. The molecule has 0 saturated carbocycles. The fourth-order valence-corrected chi connectivity index (χ4v) is 2.59. The summed E-state index contributed by atoms with van der Waals surface area (Å²) in [7, 11) is 1.53. The molecule has 21 heavy (non-hydrogen) atoms. The molecule has 0 aromatic carbocycles. The molecule has 0 aliphatic rings. The van der Waals surface area contributed by atoms with Gasteiger partial charge >= 0.3 is 6.18 Å². The Morgan fingerprint density at radius 1 is 1.29 bits per heavy atom. The van der Waals surface area contributed by atoms with E-state index in [4.69, 9.17) is 0 Å². The lowest BCUT2D eigenvalue weighted by atomic mass is 10.2. The van der Waals surface area contributed by atoms with Crippen LogP contribution in [0.25, 0.3) is 0 Å². The number of halogens is 3. The van der Waals surface area contributed by atoms with Gasteiger partial charge in [-0.05, 0) is 18.6 Å². The lowest BCUT2D eigenvalue weighted by Crippen LogP contribution is -2.13. The van der Waals surface area contributed by atoms with Gasteiger partial charge in [-0.25, -0.2) is 9.97 Å². The number of aromatic nitrogens is 2. The van der Waals surface area contributed by atoms with Crippen molar-refractivity contribution in [3.63, 3.8) is 0 Å². The van der Waals surface area contributed by atoms with E-state index in [9.17, 15) is 13.2 Å². The zero-order valence-corrected chi connectivity index (χ0v) is 12.3. The number of hydrogen-bond acceptors (Lipinski definition) is 5. The van der Waals surface area contributed by atoms with Gasteiger partial charge in [-0.15, -0.1) is 11.3 Å². The van der Waals surface area contributed by atoms with Crippen LogP contribution >= 0.6 is 11.3 Å². The molecule has 2 aromatic heterocycles. The Morgan fingerprint density at radius 2 is 2.00 bits per heavy atom. The van der Waals surface area contributed by atoms with E-state index in [1.54, 1.807) is 6.20 Å². The molecule has 1 unspecified atom stereocenters. The third kappa shape index (κ3) is 3.84. The van der Waals surface area contributed by atoms with E-state index in [1.807, 2.05) is 12.3 Å². The van der Waals surface area contributed by atoms with E-state index in [0.717, 1.165) is 17.1 Å². The Labute approximate surface area is 124 Å². The predicted molar refractivity (Wildman–Crippen MR) is 77.6 cm³/mol. The van der Waals surface area contributed by atoms with Crippen LogP contribution in [0, 0.1) is 0 Å². The lowest BCUT2D eigenvalue weighted by Gasteiger charge is -2.17. The van der Waals surface area contributed by atoms with Crippen LogP contribution in [0.4, 0.5) is 24.8 Å². The average Bonchev–Trinajstić information content (AvgIpc) is 2.97. The second kappa shape index (κ2) is 6.30. The maximum atomic E-state index is 12.9. The quantitative estimate of drug-likeness (QED) is 0.869. The van der Waals surface area contributed by atoms with Crippen LogP contribution in [0.2, 0.25) is 0 Å². The summed E-state index contributed by atoms with van der Waals surface area (Å²) in [6, 6.07) is 1.83. The molecule has 0 fully saturated rings. The normalized spacial score (nSPS) is 13.0. The third-order valence-electron chi connectivity index (χ3n) is 2.89. The van der Waals surface area contributed by atoms with Crippen LogP contribution in [0.5, 0.6) is 0 Å². The molecule has 0 amide bonds. The standard InChI is InChI=1S/C13H15F3N4S/c1-3-9(12-18-4-5-21-12)19-11-7-8(13(14,15)16)6-10(17-2)20-11/h4-7,9H,3H2,1-2H3,(H2,17,19,20). The number of hydrogen-bond donors (Lipinski definition) is 2. The van der Waals surface area contributed by atoms with E-state index in [-0.39, 0.29) is 17.7 Å². The Kier molecular flexibility index (Phi) is 4.66. The number of alkyl halides is 3. The van der Waals surface area contributed by atoms with Gasteiger partial charge in [0, 0.05) is 18.6 Å². The molecule has 4 nitrogen and oxygen atoms in total. The van der Waals surface area contributed by atoms with Crippen LogP contribution in [0.3, 0.4) is 0 Å². The molecule has 8 heteroatoms. The van der Waals surface area contributed by atoms with Crippen molar-refractivity contribution in [1.82, 2.24) is 9.97 Å². The second-order valence-electron chi connectivity index (χ2n) is 4.35. The summed E-state index contributed by atoms with van der Waals surface area (Å²) in [5.41, 5.74) is -0.738. The van der Waals surface area contributed by atoms with E-state index in [1.165, 1.54) is 18.4 Å². The minimum absolute atomic E-state index is 0.161. The van der Waals surface area contributed by atoms with Crippen molar-refractivity contribution >= 4 is 23.0 Å². The number of nitrogens with one attached hydrogen (secondary N) is 2. The van der Waals surface area contributed by atoms with Crippen molar-refractivity contribution in [3.05, 3.63) is 34.3 Å². The molecule has 1 atom stereocenters. The molecule has 2 rings (SSSR count). The molecule has 0 spiro atoms. The van der Waals surface area contributed by atoms with Gasteiger partial charge in [0.2, 0.25) is 0 Å². The van der Waals surface area contributed by atoms with Crippen LogP contribution in [0.1, 0.15) is 30.0 Å². The van der Waals surface area contributed by atoms with Gasteiger partial charge in [0.25, 0.3) is 0 Å². The molecule has 0 radical (unpaired) electrons. The number of anilines is 2. The minimum Gasteiger partial charge on any atom is -0.373 e. The Bertz CT molecular complexity index is 584. The largest absolute Gasteiger partial charge is 0.416 e. The van der Waals surface area contributed by atoms with Gasteiger partial charge in [-0.2, -0.15) is 13.2 Å². The van der Waals surface area contributed by atoms with Crippen molar-refractivity contribution in [2.75, 3.05) is 17.7 Å². The highest BCUT2D eigenvalue weighted by Gasteiger charge is 2.31. The summed E-state index contributed by atoms with van der Waals surface area (Å²) in [6.45, 7) is 1.94. The Hall–Kier alpha value is -1.83. The first kappa shape index (κ1) is 15.6. The smallest absolute Gasteiger partial charge is 0.373 e. The molecular formula is C13H15F3N4S. The summed E-state index contributed by atoms with van der Waals surface area (Å²) >= 11 is 1.46. The number of thiazole rings is 1. The fourth-order valence-electron chi connectivity index (χ4n) is 1.82. The average molecular weight is 316 g/mol. The molecule has 114 valence electrons. The molecule has 2 heterocycles. The first-order valence-electron chi connectivity index (χ1n) is 6.37. The number of rotatable bonds is 5. The summed E-state index contributed by atoms with van der Waals surface area (Å²) < 4.78 is 38.6. The second-order valence-corrected chi connectivity index (χ2v) is 5.28. The van der Waals surface area contributed by atoms with Gasteiger partial charge in [0.15, 0.2) is 0 Å². The van der Waals surface area contributed by atoms with Crippen molar-refractivity contribution in [2.24, 2.45) is 0 Å². The van der Waals surface area contributed by atoms with Gasteiger partial charge in [0.05, 0.1) is 11.6 Å². The Morgan fingerprint density at radius 3 is 2.52 bits per heavy atom. The topological polar surface area (TPSA) is 49.8 Å². The summed E-state index contributed by atoms with van der Waals surface area (Å²) in [4.78, 5) is 8.31. The molecule has 0 aliphatic carbocycles. The van der Waals surface area contributed by atoms with Gasteiger partial charge < -0.3 is 10.6 Å². The van der Waals surface area contributed by atoms with Crippen LogP contribution < -0.4 is 10.6 Å². The van der Waals surface area contributed by atoms with E-state index in [2.05, 4.69) is 20.6 Å². The van der Waals surface area contributed by atoms with Crippen LogP contribution in [-0.2, 0) is 6.18 Å². The van der Waals surface area contributed by atoms with Crippen LogP contribution in [-0.4, -0.2) is 17.0 Å². The number of nitrogens with zero attached hydrogens (tertiary/aromatic N) is 2. The van der Waals surface area contributed by atoms with E-state index >= 15 is 0 Å². The number of pyridine rings is 1. The van der Waals surface area contributed by atoms with Crippen molar-refractivity contribution in [1.29, 1.82) is 0 Å². The molecule has 0 bridgehead atoms. The van der Waals surface area contributed by atoms with Crippen LogP contribution in [0.15, 0.2) is 23.7 Å². The zero-order chi connectivity index (χ0) is 15.5. The first-order chi connectivity index (χ1) is 9.94. The van der Waals surface area contributed by atoms with E-state index < -0.39 is 11.7 Å². The van der Waals surface area contributed by atoms with Gasteiger partial charge in [-0.3, -0.25) is 0 Å². The van der Waals surface area contributed by atoms with Gasteiger partial charge in [0.1, 0.15) is 16.6 Å². The lowest BCUT2D eigenvalue weighted by molar-refractivity contribution is -0.137. The minimum atomic E-state index is -4.41. The summed E-state index contributed by atoms with van der Waals surface area (Å²) in [5.74, 6) is 0.345. The maximum Gasteiger partial charge on any atom is 0.416 e. The molecule has 2 aromatic rings. The SMILES string of the molecule is CCC(Nc1cc(C(F)(F)F)cc(NC)n1)c1nccs1. The fraction of sp³-hybridized carbons (Fsp3) is 0.385. The highest BCUT2D eigenvalue weighted by atomic mass is 32.1. The van der Waals surface area contributed by atoms with Gasteiger partial charge in [-0.1, -0.05) is 6.92 Å².